The fourth-order valence-corrected chi connectivity index (χ4v) is 0.510. The molecule has 0 spiro atoms. The van der Waals surface area contributed by atoms with Gasteiger partial charge in [-0.3, -0.25) is 6.29 Å². The molecule has 0 aliphatic heterocycles. The summed E-state index contributed by atoms with van der Waals surface area (Å²) in [7, 11) is 0. The van der Waals surface area contributed by atoms with E-state index in [1.165, 1.54) is 0 Å². The van der Waals surface area contributed by atoms with Gasteiger partial charge in [-0.15, -0.1) is 18.1 Å². The van der Waals surface area contributed by atoms with Crippen molar-refractivity contribution in [2.75, 3.05) is 0 Å². The van der Waals surface area contributed by atoms with Gasteiger partial charge in [0.1, 0.15) is 0 Å². The minimum absolute atomic E-state index is 0. The fourth-order valence-electron chi connectivity index (χ4n) is 0.510. The van der Waals surface area contributed by atoms with Gasteiger partial charge in [0.05, 0.1) is 0 Å². The van der Waals surface area contributed by atoms with Crippen LogP contribution in [0.25, 0.3) is 0 Å². The summed E-state index contributed by atoms with van der Waals surface area (Å²) in [4.78, 5) is 9.78. The molecule has 1 aliphatic rings. The van der Waals surface area contributed by atoms with Gasteiger partial charge in [0, 0.05) is 0 Å². The van der Waals surface area contributed by atoms with Crippen molar-refractivity contribution in [3.05, 3.63) is 24.3 Å². The molecule has 0 heterocycles. The molecule has 1 rings (SSSR count). The molecule has 0 aromatic rings. The molecule has 0 saturated carbocycles. The zero-order valence-corrected chi connectivity index (χ0v) is 5.25. The van der Waals surface area contributed by atoms with Crippen molar-refractivity contribution in [2.45, 2.75) is 0 Å². The van der Waals surface area contributed by atoms with Crippen LogP contribution in [0.2, 0.25) is 0 Å². The summed E-state index contributed by atoms with van der Waals surface area (Å²) < 4.78 is 0. The first-order chi connectivity index (χ1) is 3.43. The van der Waals surface area contributed by atoms with Crippen LogP contribution in [-0.4, -0.2) is 6.29 Å². The molecule has 0 saturated heterocycles. The van der Waals surface area contributed by atoms with E-state index in [9.17, 15) is 4.79 Å². The minimum Gasteiger partial charge on any atom is -0.541 e. The molecular weight excluding hydrogens is 144 g/mol. The van der Waals surface area contributed by atoms with Gasteiger partial charge in [0.2, 0.25) is 0 Å². The normalized spacial score (nSPS) is 16.0. The molecule has 0 fully saturated rings. The Hall–Kier alpha value is -0.331. The van der Waals surface area contributed by atoms with Gasteiger partial charge in [-0.05, 0) is 0 Å². The SMILES string of the molecule is O=[C-]C1C=CC=C1.[Fe+3]. The summed E-state index contributed by atoms with van der Waals surface area (Å²) in [6.45, 7) is 0. The molecule has 0 bridgehead atoms. The minimum atomic E-state index is -0.0694. The summed E-state index contributed by atoms with van der Waals surface area (Å²) in [6.07, 6.45) is 9.12. The van der Waals surface area contributed by atoms with Crippen LogP contribution < -0.4 is 0 Å². The molecule has 0 N–H and O–H groups in total. The third-order valence-electron chi connectivity index (χ3n) is 0.884. The van der Waals surface area contributed by atoms with Crippen LogP contribution in [0.4, 0.5) is 0 Å². The zero-order valence-electron chi connectivity index (χ0n) is 4.15. The van der Waals surface area contributed by atoms with E-state index in [0.717, 1.165) is 0 Å². The molecule has 0 aromatic carbocycles. The molecule has 0 unspecified atom stereocenters. The van der Waals surface area contributed by atoms with Gasteiger partial charge < -0.3 is 4.79 Å². The Labute approximate surface area is 58.9 Å². The van der Waals surface area contributed by atoms with E-state index in [4.69, 9.17) is 0 Å². The summed E-state index contributed by atoms with van der Waals surface area (Å²) in [5, 5.41) is 0. The van der Waals surface area contributed by atoms with E-state index in [1.807, 2.05) is 18.4 Å². The van der Waals surface area contributed by atoms with Crippen LogP contribution in [0, 0.1) is 5.92 Å². The maximum atomic E-state index is 9.78. The predicted molar refractivity (Wildman–Crippen MR) is 27.5 cm³/mol. The van der Waals surface area contributed by atoms with Crippen LogP contribution in [0.5, 0.6) is 0 Å². The molecule has 41 valence electrons. The number of allylic oxidation sites excluding steroid dienone is 4. The summed E-state index contributed by atoms with van der Waals surface area (Å²) >= 11 is 0. The van der Waals surface area contributed by atoms with Crippen molar-refractivity contribution in [3.63, 3.8) is 0 Å². The number of carbonyl (C=O) groups excluding carboxylic acids is 1. The third-order valence-corrected chi connectivity index (χ3v) is 0.884. The second kappa shape index (κ2) is 3.64. The van der Waals surface area contributed by atoms with Crippen LogP contribution in [-0.2, 0) is 21.9 Å². The van der Waals surface area contributed by atoms with Crippen molar-refractivity contribution < 1.29 is 21.9 Å². The molecule has 1 nitrogen and oxygen atoms in total. The number of hydrogen-bond acceptors (Lipinski definition) is 1. The van der Waals surface area contributed by atoms with Gasteiger partial charge in [0.25, 0.3) is 0 Å². The van der Waals surface area contributed by atoms with Crippen molar-refractivity contribution in [3.8, 4) is 0 Å². The standard InChI is InChI=1S/C6H5O.Fe/c7-5-6-3-1-2-4-6;/h1-4,6H;/q-1;+3. The molecule has 0 atom stereocenters. The van der Waals surface area contributed by atoms with E-state index in [-0.39, 0.29) is 23.0 Å². The first-order valence-electron chi connectivity index (χ1n) is 2.16. The first kappa shape index (κ1) is 7.67. The van der Waals surface area contributed by atoms with Crippen LogP contribution in [0.3, 0.4) is 0 Å². The Morgan fingerprint density at radius 2 is 1.75 bits per heavy atom. The van der Waals surface area contributed by atoms with E-state index in [0.29, 0.717) is 0 Å². The van der Waals surface area contributed by atoms with Crippen molar-refractivity contribution in [2.24, 2.45) is 5.92 Å². The number of rotatable bonds is 1. The van der Waals surface area contributed by atoms with E-state index >= 15 is 0 Å². The first-order valence-corrected chi connectivity index (χ1v) is 2.16. The van der Waals surface area contributed by atoms with Crippen LogP contribution in [0.1, 0.15) is 0 Å². The molecule has 0 aromatic heterocycles. The molecule has 0 amide bonds. The Balaban J connectivity index is 0.000000490. The largest absolute Gasteiger partial charge is 3.00 e. The summed E-state index contributed by atoms with van der Waals surface area (Å²) in [5.74, 6) is -0.0694. The second-order valence-electron chi connectivity index (χ2n) is 1.41. The maximum Gasteiger partial charge on any atom is 3.00 e. The number of hydrogen-bond donors (Lipinski definition) is 0. The molecule has 1 aliphatic carbocycles. The van der Waals surface area contributed by atoms with E-state index < -0.39 is 0 Å². The van der Waals surface area contributed by atoms with Gasteiger partial charge in [0.15, 0.2) is 0 Å². The maximum absolute atomic E-state index is 9.78. The topological polar surface area (TPSA) is 17.1 Å². The summed E-state index contributed by atoms with van der Waals surface area (Å²) in [6, 6.07) is 0. The average molecular weight is 149 g/mol. The Bertz CT molecular complexity index is 114. The van der Waals surface area contributed by atoms with Crippen LogP contribution in [0.15, 0.2) is 24.3 Å². The fraction of sp³-hybridized carbons (Fsp3) is 0.167. The second-order valence-corrected chi connectivity index (χ2v) is 1.41. The van der Waals surface area contributed by atoms with Crippen molar-refractivity contribution in [1.82, 2.24) is 0 Å². The average Bonchev–Trinajstić information content (AvgIpc) is 2.14. The van der Waals surface area contributed by atoms with Gasteiger partial charge in [-0.25, -0.2) is 0 Å². The molecule has 8 heavy (non-hydrogen) atoms. The van der Waals surface area contributed by atoms with Crippen molar-refractivity contribution in [1.29, 1.82) is 0 Å². The predicted octanol–water partition coefficient (Wildman–Crippen LogP) is 0.836. The third kappa shape index (κ3) is 1.64. The van der Waals surface area contributed by atoms with Crippen LogP contribution >= 0.6 is 0 Å². The van der Waals surface area contributed by atoms with E-state index in [2.05, 4.69) is 0 Å². The Morgan fingerprint density at radius 1 is 1.25 bits per heavy atom. The molecule has 2 heteroatoms. The quantitative estimate of drug-likeness (QED) is 0.398. The zero-order chi connectivity index (χ0) is 5.11. The van der Waals surface area contributed by atoms with E-state index in [1.54, 1.807) is 12.2 Å². The Morgan fingerprint density at radius 3 is 2.00 bits per heavy atom. The monoisotopic (exact) mass is 149 g/mol. The van der Waals surface area contributed by atoms with Gasteiger partial charge >= 0.3 is 17.1 Å². The molecule has 1 radical (unpaired) electrons. The van der Waals surface area contributed by atoms with Gasteiger partial charge in [-0.2, -0.15) is 0 Å². The smallest absolute Gasteiger partial charge is 0.541 e. The van der Waals surface area contributed by atoms with Gasteiger partial charge in [-0.1, -0.05) is 12.2 Å². The Kier molecular flexibility index (Phi) is 3.49. The summed E-state index contributed by atoms with van der Waals surface area (Å²) in [5.41, 5.74) is 0. The van der Waals surface area contributed by atoms with Crippen molar-refractivity contribution >= 4 is 6.29 Å². The molecular formula is C6H5FeO+2.